The number of benzene rings is 1. The SMILES string of the molecule is Cc1cc(N)nc(SCc2cc(Cl)c3c(c2)OCO3)n1. The van der Waals surface area contributed by atoms with Gasteiger partial charge in [-0.15, -0.1) is 0 Å². The molecule has 2 heterocycles. The Morgan fingerprint density at radius 1 is 1.30 bits per heavy atom. The van der Waals surface area contributed by atoms with Crippen molar-refractivity contribution in [1.29, 1.82) is 0 Å². The Bertz CT molecular complexity index is 646. The van der Waals surface area contributed by atoms with Gasteiger partial charge < -0.3 is 15.2 Å². The zero-order valence-electron chi connectivity index (χ0n) is 10.7. The van der Waals surface area contributed by atoms with Crippen LogP contribution in [0.4, 0.5) is 5.82 Å². The lowest BCUT2D eigenvalue weighted by molar-refractivity contribution is 0.174. The standard InChI is InChI=1S/C13H12ClN3O2S/c1-7-2-11(15)17-13(16-7)20-5-8-3-9(14)12-10(4-8)18-6-19-12/h2-4H,5-6H2,1H3,(H2,15,16,17). The first-order valence-electron chi connectivity index (χ1n) is 5.94. The van der Waals surface area contributed by atoms with Crippen LogP contribution in [0.2, 0.25) is 5.02 Å². The summed E-state index contributed by atoms with van der Waals surface area (Å²) < 4.78 is 10.6. The molecule has 0 fully saturated rings. The highest BCUT2D eigenvalue weighted by molar-refractivity contribution is 7.98. The predicted octanol–water partition coefficient (Wildman–Crippen LogP) is 3.04. The highest BCUT2D eigenvalue weighted by atomic mass is 35.5. The van der Waals surface area contributed by atoms with Crippen molar-refractivity contribution in [3.8, 4) is 11.5 Å². The molecule has 0 bridgehead atoms. The first-order chi connectivity index (χ1) is 9.61. The third-order valence-corrected chi connectivity index (χ3v) is 3.91. The molecule has 5 nitrogen and oxygen atoms in total. The number of anilines is 1. The molecule has 0 atom stereocenters. The average Bonchev–Trinajstić information content (AvgIpc) is 2.84. The van der Waals surface area contributed by atoms with E-state index in [-0.39, 0.29) is 6.79 Å². The lowest BCUT2D eigenvalue weighted by Crippen LogP contribution is -1.96. The van der Waals surface area contributed by atoms with Gasteiger partial charge in [0.25, 0.3) is 0 Å². The summed E-state index contributed by atoms with van der Waals surface area (Å²) in [7, 11) is 0. The van der Waals surface area contributed by atoms with Crippen molar-refractivity contribution in [2.75, 3.05) is 12.5 Å². The molecule has 2 aromatic rings. The molecule has 0 saturated heterocycles. The molecule has 0 radical (unpaired) electrons. The normalized spacial score (nSPS) is 12.7. The Kier molecular flexibility index (Phi) is 3.58. The van der Waals surface area contributed by atoms with Crippen LogP contribution in [0.3, 0.4) is 0 Å². The topological polar surface area (TPSA) is 70.3 Å². The second kappa shape index (κ2) is 5.38. The highest BCUT2D eigenvalue weighted by Gasteiger charge is 2.18. The number of rotatable bonds is 3. The van der Waals surface area contributed by atoms with E-state index in [0.29, 0.717) is 33.2 Å². The zero-order chi connectivity index (χ0) is 14.1. The molecule has 3 rings (SSSR count). The summed E-state index contributed by atoms with van der Waals surface area (Å²) >= 11 is 7.64. The van der Waals surface area contributed by atoms with E-state index < -0.39 is 0 Å². The number of aryl methyl sites for hydroxylation is 1. The number of hydrogen-bond acceptors (Lipinski definition) is 6. The quantitative estimate of drug-likeness (QED) is 0.694. The molecule has 1 aliphatic heterocycles. The number of halogens is 1. The van der Waals surface area contributed by atoms with Crippen molar-refractivity contribution in [3.63, 3.8) is 0 Å². The van der Waals surface area contributed by atoms with Crippen molar-refractivity contribution in [3.05, 3.63) is 34.5 Å². The number of ether oxygens (including phenoxy) is 2. The maximum atomic E-state index is 6.14. The summed E-state index contributed by atoms with van der Waals surface area (Å²) in [5, 5.41) is 1.21. The van der Waals surface area contributed by atoms with Crippen molar-refractivity contribution < 1.29 is 9.47 Å². The van der Waals surface area contributed by atoms with Crippen LogP contribution in [0.25, 0.3) is 0 Å². The minimum absolute atomic E-state index is 0.211. The lowest BCUT2D eigenvalue weighted by Gasteiger charge is -2.05. The highest BCUT2D eigenvalue weighted by Crippen LogP contribution is 2.40. The minimum Gasteiger partial charge on any atom is -0.454 e. The molecule has 0 aliphatic carbocycles. The molecule has 20 heavy (non-hydrogen) atoms. The molecule has 104 valence electrons. The van der Waals surface area contributed by atoms with Crippen molar-refractivity contribution >= 4 is 29.2 Å². The van der Waals surface area contributed by atoms with Crippen LogP contribution in [0.1, 0.15) is 11.3 Å². The Balaban J connectivity index is 1.77. The van der Waals surface area contributed by atoms with E-state index in [2.05, 4.69) is 9.97 Å². The molecule has 1 aromatic carbocycles. The number of nitrogens with two attached hydrogens (primary N) is 1. The van der Waals surface area contributed by atoms with Crippen LogP contribution in [0, 0.1) is 6.92 Å². The van der Waals surface area contributed by atoms with Crippen LogP contribution in [-0.2, 0) is 5.75 Å². The largest absolute Gasteiger partial charge is 0.454 e. The van der Waals surface area contributed by atoms with Crippen LogP contribution < -0.4 is 15.2 Å². The maximum absolute atomic E-state index is 6.14. The van der Waals surface area contributed by atoms with E-state index in [1.54, 1.807) is 6.07 Å². The fraction of sp³-hybridized carbons (Fsp3) is 0.231. The van der Waals surface area contributed by atoms with Gasteiger partial charge in [-0.25, -0.2) is 9.97 Å². The Morgan fingerprint density at radius 2 is 2.15 bits per heavy atom. The third-order valence-electron chi connectivity index (χ3n) is 2.71. The van der Waals surface area contributed by atoms with Crippen molar-refractivity contribution in [1.82, 2.24) is 9.97 Å². The number of nitrogen functional groups attached to an aromatic ring is 1. The molecular formula is C13H12ClN3O2S. The molecule has 1 aliphatic rings. The summed E-state index contributed by atoms with van der Waals surface area (Å²) in [5.74, 6) is 2.44. The molecule has 0 spiro atoms. The summed E-state index contributed by atoms with van der Waals surface area (Å²) in [5.41, 5.74) is 7.58. The van der Waals surface area contributed by atoms with E-state index >= 15 is 0 Å². The van der Waals surface area contributed by atoms with E-state index in [1.807, 2.05) is 19.1 Å². The van der Waals surface area contributed by atoms with E-state index in [1.165, 1.54) is 11.8 Å². The van der Waals surface area contributed by atoms with Gasteiger partial charge >= 0.3 is 0 Å². The predicted molar refractivity (Wildman–Crippen MR) is 78.3 cm³/mol. The van der Waals surface area contributed by atoms with E-state index in [4.69, 9.17) is 26.8 Å². The monoisotopic (exact) mass is 309 g/mol. The molecule has 0 amide bonds. The maximum Gasteiger partial charge on any atom is 0.231 e. The van der Waals surface area contributed by atoms with Crippen LogP contribution in [-0.4, -0.2) is 16.8 Å². The second-order valence-corrected chi connectivity index (χ2v) is 5.67. The van der Waals surface area contributed by atoms with Gasteiger partial charge in [-0.1, -0.05) is 23.4 Å². The molecule has 2 N–H and O–H groups in total. The van der Waals surface area contributed by atoms with Gasteiger partial charge in [0.1, 0.15) is 5.82 Å². The molecule has 1 aromatic heterocycles. The van der Waals surface area contributed by atoms with Crippen LogP contribution in [0.15, 0.2) is 23.4 Å². The number of nitrogens with zero attached hydrogens (tertiary/aromatic N) is 2. The third kappa shape index (κ3) is 2.76. The Labute approximate surface area is 125 Å². The van der Waals surface area contributed by atoms with Gasteiger partial charge in [-0.05, 0) is 24.6 Å². The van der Waals surface area contributed by atoms with E-state index in [0.717, 1.165) is 11.3 Å². The van der Waals surface area contributed by atoms with Crippen LogP contribution >= 0.6 is 23.4 Å². The molecule has 0 saturated carbocycles. The smallest absolute Gasteiger partial charge is 0.231 e. The second-order valence-electron chi connectivity index (χ2n) is 4.32. The van der Waals surface area contributed by atoms with Crippen molar-refractivity contribution in [2.24, 2.45) is 0 Å². The molecule has 7 heteroatoms. The Hall–Kier alpha value is -1.66. The number of fused-ring (bicyclic) bond motifs is 1. The first-order valence-corrected chi connectivity index (χ1v) is 7.30. The fourth-order valence-electron chi connectivity index (χ4n) is 1.88. The minimum atomic E-state index is 0.211. The van der Waals surface area contributed by atoms with Gasteiger partial charge in [0.15, 0.2) is 16.7 Å². The van der Waals surface area contributed by atoms with Gasteiger partial charge in [-0.3, -0.25) is 0 Å². The summed E-state index contributed by atoms with van der Waals surface area (Å²) in [6.07, 6.45) is 0. The van der Waals surface area contributed by atoms with Gasteiger partial charge in [-0.2, -0.15) is 0 Å². The summed E-state index contributed by atoms with van der Waals surface area (Å²) in [6, 6.07) is 5.52. The fourth-order valence-corrected chi connectivity index (χ4v) is 3.01. The van der Waals surface area contributed by atoms with Gasteiger partial charge in [0.05, 0.1) is 5.02 Å². The first kappa shape index (κ1) is 13.3. The van der Waals surface area contributed by atoms with Crippen molar-refractivity contribution in [2.45, 2.75) is 17.8 Å². The number of aromatic nitrogens is 2. The number of hydrogen-bond donors (Lipinski definition) is 1. The van der Waals surface area contributed by atoms with E-state index in [9.17, 15) is 0 Å². The number of thioether (sulfide) groups is 1. The van der Waals surface area contributed by atoms with Gasteiger partial charge in [0, 0.05) is 17.5 Å². The summed E-state index contributed by atoms with van der Waals surface area (Å²) in [4.78, 5) is 8.51. The average molecular weight is 310 g/mol. The Morgan fingerprint density at radius 3 is 2.95 bits per heavy atom. The van der Waals surface area contributed by atoms with Crippen LogP contribution in [0.5, 0.6) is 11.5 Å². The van der Waals surface area contributed by atoms with Gasteiger partial charge in [0.2, 0.25) is 6.79 Å². The molecule has 0 unspecified atom stereocenters. The summed E-state index contributed by atoms with van der Waals surface area (Å²) in [6.45, 7) is 2.10. The lowest BCUT2D eigenvalue weighted by atomic mass is 10.2. The zero-order valence-corrected chi connectivity index (χ0v) is 12.3. The molecular weight excluding hydrogens is 298 g/mol.